The highest BCUT2D eigenvalue weighted by molar-refractivity contribution is 5.93. The van der Waals surface area contributed by atoms with Gasteiger partial charge in [0.2, 0.25) is 0 Å². The highest BCUT2D eigenvalue weighted by atomic mass is 16.5. The van der Waals surface area contributed by atoms with E-state index in [9.17, 15) is 0 Å². The minimum atomic E-state index is 0.550. The Kier molecular flexibility index (Phi) is 6.51. The Bertz CT molecular complexity index is 922. The van der Waals surface area contributed by atoms with Gasteiger partial charge in [0.1, 0.15) is 0 Å². The molecule has 3 rings (SSSR count). The predicted molar refractivity (Wildman–Crippen MR) is 112 cm³/mol. The number of aromatic nitrogens is 2. The van der Waals surface area contributed by atoms with E-state index in [-0.39, 0.29) is 0 Å². The second-order valence-corrected chi connectivity index (χ2v) is 5.94. The van der Waals surface area contributed by atoms with E-state index < -0.39 is 0 Å². The molecule has 0 fully saturated rings. The number of benzene rings is 2. The smallest absolute Gasteiger partial charge is 0.195 e. The number of guanidine groups is 1. The third kappa shape index (κ3) is 4.82. The second-order valence-electron chi connectivity index (χ2n) is 5.94. The van der Waals surface area contributed by atoms with E-state index in [1.165, 1.54) is 0 Å². The van der Waals surface area contributed by atoms with Crippen LogP contribution in [0.1, 0.15) is 12.6 Å². The molecule has 0 bridgehead atoms. The summed E-state index contributed by atoms with van der Waals surface area (Å²) >= 11 is 0. The molecule has 0 aliphatic rings. The number of ether oxygens (including phenoxy) is 2. The highest BCUT2D eigenvalue weighted by Crippen LogP contribution is 2.30. The molecule has 0 radical (unpaired) electrons. The van der Waals surface area contributed by atoms with E-state index in [4.69, 9.17) is 9.47 Å². The standard InChI is InChI=1S/C21H25N5O2/c1-4-28-20-14-16(10-11-19(20)27-3)24-21(22-2)23-15-17-12-13-26(25-17)18-8-6-5-7-9-18/h5-14H,4,15H2,1-3H3,(H2,22,23,24). The van der Waals surface area contributed by atoms with E-state index in [0.717, 1.165) is 17.1 Å². The lowest BCUT2D eigenvalue weighted by molar-refractivity contribution is 0.311. The molecule has 0 atom stereocenters. The third-order valence-electron chi connectivity index (χ3n) is 4.05. The van der Waals surface area contributed by atoms with Gasteiger partial charge in [0.25, 0.3) is 0 Å². The van der Waals surface area contributed by atoms with Crippen molar-refractivity contribution in [1.29, 1.82) is 0 Å². The summed E-state index contributed by atoms with van der Waals surface area (Å²) in [6.07, 6.45) is 1.94. The number of hydrogen-bond donors (Lipinski definition) is 2. The SMILES string of the molecule is CCOc1cc(NC(=NC)NCc2ccn(-c3ccccc3)n2)ccc1OC. The molecule has 0 amide bonds. The zero-order valence-corrected chi connectivity index (χ0v) is 16.3. The molecule has 146 valence electrons. The van der Waals surface area contributed by atoms with Crippen LogP contribution in [0, 0.1) is 0 Å². The van der Waals surface area contributed by atoms with Crippen LogP contribution in [0.2, 0.25) is 0 Å². The van der Waals surface area contributed by atoms with Crippen molar-refractivity contribution in [2.75, 3.05) is 26.1 Å². The summed E-state index contributed by atoms with van der Waals surface area (Å²) in [6, 6.07) is 17.7. The third-order valence-corrected chi connectivity index (χ3v) is 4.05. The first-order valence-electron chi connectivity index (χ1n) is 9.12. The predicted octanol–water partition coefficient (Wildman–Crippen LogP) is 3.47. The molecule has 0 saturated heterocycles. The minimum absolute atomic E-state index is 0.550. The van der Waals surface area contributed by atoms with Gasteiger partial charge in [-0.05, 0) is 37.3 Å². The topological polar surface area (TPSA) is 72.7 Å². The van der Waals surface area contributed by atoms with Crippen LogP contribution in [0.5, 0.6) is 11.5 Å². The maximum absolute atomic E-state index is 5.62. The second kappa shape index (κ2) is 9.45. The summed E-state index contributed by atoms with van der Waals surface area (Å²) in [5, 5.41) is 11.1. The summed E-state index contributed by atoms with van der Waals surface area (Å²) in [7, 11) is 3.35. The van der Waals surface area contributed by atoms with E-state index in [0.29, 0.717) is 30.6 Å². The molecule has 1 aromatic heterocycles. The van der Waals surface area contributed by atoms with E-state index in [2.05, 4.69) is 20.7 Å². The lowest BCUT2D eigenvalue weighted by atomic mass is 10.2. The Labute approximate surface area is 165 Å². The Morgan fingerprint density at radius 3 is 2.64 bits per heavy atom. The van der Waals surface area contributed by atoms with Gasteiger partial charge in [-0.1, -0.05) is 18.2 Å². The summed E-state index contributed by atoms with van der Waals surface area (Å²) in [5.74, 6) is 2.02. The van der Waals surface area contributed by atoms with Crippen molar-refractivity contribution in [1.82, 2.24) is 15.1 Å². The lowest BCUT2D eigenvalue weighted by Crippen LogP contribution is -2.30. The monoisotopic (exact) mass is 379 g/mol. The average molecular weight is 379 g/mol. The Balaban J connectivity index is 1.63. The molecular weight excluding hydrogens is 354 g/mol. The van der Waals surface area contributed by atoms with Crippen LogP contribution in [-0.2, 0) is 6.54 Å². The van der Waals surface area contributed by atoms with Crippen molar-refractivity contribution in [3.63, 3.8) is 0 Å². The number of nitrogens with zero attached hydrogens (tertiary/aromatic N) is 3. The molecule has 7 heteroatoms. The van der Waals surface area contributed by atoms with Gasteiger partial charge in [-0.25, -0.2) is 4.68 Å². The van der Waals surface area contributed by atoms with Gasteiger partial charge in [0, 0.05) is 25.0 Å². The van der Waals surface area contributed by atoms with Gasteiger partial charge < -0.3 is 20.1 Å². The van der Waals surface area contributed by atoms with Crippen molar-refractivity contribution in [3.8, 4) is 17.2 Å². The number of methoxy groups -OCH3 is 1. The molecule has 2 aromatic carbocycles. The zero-order valence-electron chi connectivity index (χ0n) is 16.3. The van der Waals surface area contributed by atoms with Crippen LogP contribution >= 0.6 is 0 Å². The number of nitrogens with one attached hydrogen (secondary N) is 2. The van der Waals surface area contributed by atoms with Crippen LogP contribution < -0.4 is 20.1 Å². The van der Waals surface area contributed by atoms with Gasteiger partial charge in [-0.15, -0.1) is 0 Å². The first-order valence-corrected chi connectivity index (χ1v) is 9.12. The molecule has 2 N–H and O–H groups in total. The fourth-order valence-electron chi connectivity index (χ4n) is 2.69. The molecule has 3 aromatic rings. The number of anilines is 1. The van der Waals surface area contributed by atoms with E-state index in [1.54, 1.807) is 14.2 Å². The Morgan fingerprint density at radius 1 is 1.11 bits per heavy atom. The number of para-hydroxylation sites is 1. The van der Waals surface area contributed by atoms with Crippen LogP contribution in [-0.4, -0.2) is 36.5 Å². The maximum Gasteiger partial charge on any atom is 0.195 e. The van der Waals surface area contributed by atoms with Crippen molar-refractivity contribution in [2.45, 2.75) is 13.5 Å². The lowest BCUT2D eigenvalue weighted by Gasteiger charge is -2.14. The van der Waals surface area contributed by atoms with Crippen LogP contribution in [0.3, 0.4) is 0 Å². The average Bonchev–Trinajstić information content (AvgIpc) is 3.21. The molecule has 28 heavy (non-hydrogen) atoms. The molecule has 0 spiro atoms. The summed E-state index contributed by atoms with van der Waals surface area (Å²) in [4.78, 5) is 4.27. The number of aliphatic imine (C=N–C) groups is 1. The van der Waals surface area contributed by atoms with Crippen LogP contribution in [0.4, 0.5) is 5.69 Å². The van der Waals surface area contributed by atoms with Gasteiger partial charge in [-0.2, -0.15) is 5.10 Å². The van der Waals surface area contributed by atoms with Gasteiger partial charge in [-0.3, -0.25) is 4.99 Å². The molecule has 7 nitrogen and oxygen atoms in total. The van der Waals surface area contributed by atoms with Crippen molar-refractivity contribution < 1.29 is 9.47 Å². The molecule has 0 aliphatic heterocycles. The largest absolute Gasteiger partial charge is 0.493 e. The normalized spacial score (nSPS) is 11.2. The fraction of sp³-hybridized carbons (Fsp3) is 0.238. The van der Waals surface area contributed by atoms with Crippen molar-refractivity contribution >= 4 is 11.6 Å². The fourth-order valence-corrected chi connectivity index (χ4v) is 2.69. The summed E-state index contributed by atoms with van der Waals surface area (Å²) in [5.41, 5.74) is 2.79. The van der Waals surface area contributed by atoms with Crippen LogP contribution in [0.25, 0.3) is 5.69 Å². The van der Waals surface area contributed by atoms with Gasteiger partial charge in [0.05, 0.1) is 31.6 Å². The van der Waals surface area contributed by atoms with Gasteiger partial charge >= 0.3 is 0 Å². The maximum atomic E-state index is 5.62. The molecule has 0 aliphatic carbocycles. The van der Waals surface area contributed by atoms with E-state index in [1.807, 2.05) is 72.4 Å². The van der Waals surface area contributed by atoms with E-state index >= 15 is 0 Å². The molecule has 0 saturated carbocycles. The molecular formula is C21H25N5O2. The highest BCUT2D eigenvalue weighted by Gasteiger charge is 2.08. The summed E-state index contributed by atoms with van der Waals surface area (Å²) < 4.78 is 12.8. The minimum Gasteiger partial charge on any atom is -0.493 e. The first kappa shape index (κ1) is 19.3. The zero-order chi connectivity index (χ0) is 19.8. The Morgan fingerprint density at radius 2 is 1.93 bits per heavy atom. The van der Waals surface area contributed by atoms with Gasteiger partial charge in [0.15, 0.2) is 17.5 Å². The molecule has 1 heterocycles. The van der Waals surface area contributed by atoms with Crippen LogP contribution in [0.15, 0.2) is 65.8 Å². The number of rotatable bonds is 7. The number of hydrogen-bond acceptors (Lipinski definition) is 4. The van der Waals surface area contributed by atoms with Crippen molar-refractivity contribution in [3.05, 3.63) is 66.5 Å². The van der Waals surface area contributed by atoms with Crippen molar-refractivity contribution in [2.24, 2.45) is 4.99 Å². The summed E-state index contributed by atoms with van der Waals surface area (Å²) in [6.45, 7) is 3.06. The quantitative estimate of drug-likeness (QED) is 0.486. The molecule has 0 unspecified atom stereocenters. The first-order chi connectivity index (χ1) is 13.7. The Hall–Kier alpha value is -3.48.